The van der Waals surface area contributed by atoms with Crippen LogP contribution in [0.3, 0.4) is 0 Å². The molecule has 0 radical (unpaired) electrons. The Bertz CT molecular complexity index is 3810. The molecule has 0 saturated carbocycles. The number of benzene rings is 9. The molecule has 4 aliphatic rings. The molecule has 10 aromatic rings. The van der Waals surface area contributed by atoms with Gasteiger partial charge in [0.2, 0.25) is 0 Å². The standard InChI is InChI=1S/C67H55BN2S/c1-40-30-32-47-48-38-49-60(39-55(48)67(54(47)34-40)50-26-17-15-24-45(50)46-25-16-18-27-51(46)67)71-64-63(49)70(44-22-13-10-14-23-44)59-36-41(2)35-58-62(59)68(64)56-33-31-42(37-57(56)69(58)43-20-11-9-12-21-43)61-52(65(3,4)5)28-19-29-53(61)66(6,7)8/h9-39H,1-8H3. The van der Waals surface area contributed by atoms with Crippen molar-refractivity contribution in [3.8, 4) is 33.4 Å². The molecule has 14 rings (SSSR count). The van der Waals surface area contributed by atoms with Crippen LogP contribution in [-0.2, 0) is 16.2 Å². The quantitative estimate of drug-likeness (QED) is 0.163. The van der Waals surface area contributed by atoms with Crippen molar-refractivity contribution in [2.75, 3.05) is 9.80 Å². The van der Waals surface area contributed by atoms with Gasteiger partial charge in [-0.15, -0.1) is 11.3 Å². The maximum absolute atomic E-state index is 2.61. The van der Waals surface area contributed by atoms with Gasteiger partial charge in [-0.1, -0.05) is 181 Å². The summed E-state index contributed by atoms with van der Waals surface area (Å²) >= 11 is 2.01. The van der Waals surface area contributed by atoms with Crippen LogP contribution in [0.15, 0.2) is 188 Å². The van der Waals surface area contributed by atoms with Crippen LogP contribution in [-0.4, -0.2) is 6.71 Å². The average molecular weight is 931 g/mol. The molecule has 1 aromatic heterocycles. The number of rotatable bonds is 3. The number of fused-ring (bicyclic) bond motifs is 16. The molecule has 9 aromatic carbocycles. The summed E-state index contributed by atoms with van der Waals surface area (Å²) in [6.07, 6.45) is 0. The van der Waals surface area contributed by atoms with E-state index < -0.39 is 5.41 Å². The van der Waals surface area contributed by atoms with Crippen LogP contribution in [0, 0.1) is 13.8 Å². The third-order valence-electron chi connectivity index (χ3n) is 16.2. The Kier molecular flexibility index (Phi) is 8.87. The van der Waals surface area contributed by atoms with Crippen molar-refractivity contribution in [2.45, 2.75) is 71.6 Å². The molecule has 0 N–H and O–H groups in total. The lowest BCUT2D eigenvalue weighted by Crippen LogP contribution is -2.60. The minimum atomic E-state index is -0.422. The lowest BCUT2D eigenvalue weighted by Gasteiger charge is -2.43. The Morgan fingerprint density at radius 3 is 1.65 bits per heavy atom. The molecule has 2 aliphatic heterocycles. The third-order valence-corrected chi connectivity index (χ3v) is 17.4. The number of anilines is 6. The fraction of sp³-hybridized carbons (Fsp3) is 0.164. The number of nitrogens with zero attached hydrogens (tertiary/aromatic N) is 2. The number of aryl methyl sites for hydroxylation is 2. The van der Waals surface area contributed by atoms with Crippen LogP contribution in [0.2, 0.25) is 0 Å². The third kappa shape index (κ3) is 5.83. The first-order valence-corrected chi connectivity index (χ1v) is 26.2. The summed E-state index contributed by atoms with van der Waals surface area (Å²) in [7, 11) is 0. The van der Waals surface area contributed by atoms with Crippen LogP contribution < -0.4 is 25.5 Å². The van der Waals surface area contributed by atoms with Crippen LogP contribution in [0.25, 0.3) is 43.5 Å². The van der Waals surface area contributed by atoms with E-state index in [1.807, 2.05) is 11.3 Å². The highest BCUT2D eigenvalue weighted by Crippen LogP contribution is 2.64. The van der Waals surface area contributed by atoms with Crippen molar-refractivity contribution in [1.82, 2.24) is 0 Å². The highest BCUT2D eigenvalue weighted by atomic mass is 32.1. The Balaban J connectivity index is 1.09. The van der Waals surface area contributed by atoms with Gasteiger partial charge in [-0.2, -0.15) is 0 Å². The van der Waals surface area contributed by atoms with Gasteiger partial charge in [-0.25, -0.2) is 0 Å². The van der Waals surface area contributed by atoms with Gasteiger partial charge in [0.05, 0.1) is 11.1 Å². The van der Waals surface area contributed by atoms with E-state index in [0.29, 0.717) is 0 Å². The number of hydrogen-bond donors (Lipinski definition) is 0. The second kappa shape index (κ2) is 14.8. The first kappa shape index (κ1) is 42.5. The van der Waals surface area contributed by atoms with Gasteiger partial charge < -0.3 is 9.80 Å². The topological polar surface area (TPSA) is 6.48 Å². The summed E-state index contributed by atoms with van der Waals surface area (Å²) in [5.74, 6) is 0. The zero-order valence-corrected chi connectivity index (χ0v) is 42.6. The highest BCUT2D eigenvalue weighted by molar-refractivity contribution is 7.33. The lowest BCUT2D eigenvalue weighted by atomic mass is 9.36. The SMILES string of the molecule is Cc1cc2c3c(c1)N(c1ccccc1)c1c(sc4cc5c(cc14)-c1ccc(C)cc1C51c4ccccc4-c4ccccc41)B3c1ccc(-c3c(C(C)(C)C)cccc3C(C)(C)C)cc1N2c1ccccc1. The zero-order chi connectivity index (χ0) is 48.3. The van der Waals surface area contributed by atoms with E-state index in [1.54, 1.807) is 0 Å². The Morgan fingerprint density at radius 2 is 1.01 bits per heavy atom. The van der Waals surface area contributed by atoms with E-state index in [1.165, 1.54) is 138 Å². The van der Waals surface area contributed by atoms with Gasteiger partial charge in [-0.3, -0.25) is 0 Å². The van der Waals surface area contributed by atoms with Crippen molar-refractivity contribution >= 4 is 78.0 Å². The van der Waals surface area contributed by atoms with Crippen molar-refractivity contribution < 1.29 is 0 Å². The first-order chi connectivity index (χ1) is 34.3. The Hall–Kier alpha value is -7.40. The minimum absolute atomic E-state index is 0.00332. The summed E-state index contributed by atoms with van der Waals surface area (Å²) in [4.78, 5) is 5.19. The minimum Gasteiger partial charge on any atom is -0.311 e. The smallest absolute Gasteiger partial charge is 0.264 e. The molecule has 0 unspecified atom stereocenters. The number of hydrogen-bond acceptors (Lipinski definition) is 3. The summed E-state index contributed by atoms with van der Waals surface area (Å²) in [6.45, 7) is 18.7. The number of thiophene rings is 1. The number of para-hydroxylation sites is 2. The van der Waals surface area contributed by atoms with E-state index in [-0.39, 0.29) is 17.5 Å². The summed E-state index contributed by atoms with van der Waals surface area (Å²) in [6, 6.07) is 72.4. The summed E-state index contributed by atoms with van der Waals surface area (Å²) in [5.41, 5.74) is 28.3. The maximum atomic E-state index is 2.61. The summed E-state index contributed by atoms with van der Waals surface area (Å²) in [5, 5.41) is 1.31. The molecule has 3 heterocycles. The van der Waals surface area contributed by atoms with Gasteiger partial charge >= 0.3 is 0 Å². The largest absolute Gasteiger partial charge is 0.311 e. The van der Waals surface area contributed by atoms with Crippen LogP contribution in [0.4, 0.5) is 34.1 Å². The van der Waals surface area contributed by atoms with Crippen molar-refractivity contribution in [1.29, 1.82) is 0 Å². The second-order valence-electron chi connectivity index (χ2n) is 22.6. The Labute approximate surface area is 423 Å². The summed E-state index contributed by atoms with van der Waals surface area (Å²) < 4.78 is 2.71. The molecule has 0 bridgehead atoms. The second-order valence-corrected chi connectivity index (χ2v) is 23.7. The van der Waals surface area contributed by atoms with Crippen LogP contribution in [0.5, 0.6) is 0 Å². The van der Waals surface area contributed by atoms with E-state index in [2.05, 4.69) is 253 Å². The maximum Gasteiger partial charge on any atom is 0.264 e. The molecule has 4 heteroatoms. The molecule has 342 valence electrons. The monoisotopic (exact) mass is 930 g/mol. The predicted molar refractivity (Wildman–Crippen MR) is 304 cm³/mol. The fourth-order valence-corrected chi connectivity index (χ4v) is 14.7. The predicted octanol–water partition coefficient (Wildman–Crippen LogP) is 16.2. The van der Waals surface area contributed by atoms with Gasteiger partial charge in [0.25, 0.3) is 6.71 Å². The molecule has 0 saturated heterocycles. The molecule has 1 spiro atoms. The molecule has 0 amide bonds. The van der Waals surface area contributed by atoms with Crippen molar-refractivity contribution in [3.05, 3.63) is 233 Å². The van der Waals surface area contributed by atoms with Gasteiger partial charge in [0.1, 0.15) is 0 Å². The first-order valence-electron chi connectivity index (χ1n) is 25.4. The van der Waals surface area contributed by atoms with Crippen molar-refractivity contribution in [3.63, 3.8) is 0 Å². The van der Waals surface area contributed by atoms with Crippen LogP contribution in [0.1, 0.15) is 86.1 Å². The Morgan fingerprint density at radius 1 is 0.451 bits per heavy atom. The molecule has 0 atom stereocenters. The molecule has 71 heavy (non-hydrogen) atoms. The fourth-order valence-electron chi connectivity index (χ4n) is 13.3. The highest BCUT2D eigenvalue weighted by Gasteiger charge is 2.53. The zero-order valence-electron chi connectivity index (χ0n) is 41.8. The molecular weight excluding hydrogens is 876 g/mol. The van der Waals surface area contributed by atoms with E-state index in [4.69, 9.17) is 0 Å². The van der Waals surface area contributed by atoms with Gasteiger partial charge in [0.15, 0.2) is 0 Å². The molecule has 0 fully saturated rings. The molecular formula is C67H55BN2S. The van der Waals surface area contributed by atoms with E-state index >= 15 is 0 Å². The van der Waals surface area contributed by atoms with Crippen molar-refractivity contribution in [2.24, 2.45) is 0 Å². The van der Waals surface area contributed by atoms with Gasteiger partial charge in [0, 0.05) is 43.3 Å². The lowest BCUT2D eigenvalue weighted by molar-refractivity contribution is 0.572. The van der Waals surface area contributed by atoms with Gasteiger partial charge in [-0.05, 0) is 163 Å². The van der Waals surface area contributed by atoms with E-state index in [9.17, 15) is 0 Å². The molecule has 2 aliphatic carbocycles. The average Bonchev–Trinajstić information content (AvgIpc) is 3.98. The van der Waals surface area contributed by atoms with E-state index in [0.717, 1.165) is 0 Å². The normalized spacial score (nSPS) is 14.5. The molecule has 2 nitrogen and oxygen atoms in total. The van der Waals surface area contributed by atoms with Crippen LogP contribution >= 0.6 is 11.3 Å².